The van der Waals surface area contributed by atoms with Crippen LogP contribution in [0, 0.1) is 23.2 Å². The van der Waals surface area contributed by atoms with Crippen LogP contribution in [0.4, 0.5) is 0 Å². The molecule has 1 fully saturated rings. The summed E-state index contributed by atoms with van der Waals surface area (Å²) in [4.78, 5) is 0. The van der Waals surface area contributed by atoms with Crippen molar-refractivity contribution in [2.45, 2.75) is 26.9 Å². The highest BCUT2D eigenvalue weighted by Crippen LogP contribution is 2.55. The van der Waals surface area contributed by atoms with Gasteiger partial charge < -0.3 is 14.3 Å². The molecule has 1 aromatic rings. The van der Waals surface area contributed by atoms with Crippen molar-refractivity contribution in [3.63, 3.8) is 0 Å². The molecule has 0 spiro atoms. The molecule has 3 nitrogen and oxygen atoms in total. The van der Waals surface area contributed by atoms with E-state index in [0.29, 0.717) is 24.4 Å². The van der Waals surface area contributed by atoms with Gasteiger partial charge in [-0.3, -0.25) is 0 Å². The number of furan rings is 1. The van der Waals surface area contributed by atoms with E-state index in [0.717, 1.165) is 5.76 Å². The standard InChI is InChI=1S/C16H22O3/c1-10-7-11(2)16(8-17)9-19-15(14(10)12(16)3)13-5-4-6-18-13/h4-7,11-12,14-15,17H,8-9H2,1-3H3/t11-,12+,14-,15+,16+/m1/s1. The molecule has 1 aromatic heterocycles. The molecule has 3 rings (SSSR count). The number of aliphatic hydroxyl groups excluding tert-OH is 1. The lowest BCUT2D eigenvalue weighted by Crippen LogP contribution is -2.53. The van der Waals surface area contributed by atoms with E-state index in [1.807, 2.05) is 12.1 Å². The summed E-state index contributed by atoms with van der Waals surface area (Å²) in [5.74, 6) is 1.93. The van der Waals surface area contributed by atoms with E-state index in [-0.39, 0.29) is 18.1 Å². The minimum Gasteiger partial charge on any atom is -0.467 e. The molecule has 19 heavy (non-hydrogen) atoms. The summed E-state index contributed by atoms with van der Waals surface area (Å²) in [6.45, 7) is 7.37. The van der Waals surface area contributed by atoms with Gasteiger partial charge in [-0.1, -0.05) is 25.5 Å². The fourth-order valence-corrected chi connectivity index (χ4v) is 4.00. The lowest BCUT2D eigenvalue weighted by atomic mass is 9.56. The van der Waals surface area contributed by atoms with Gasteiger partial charge in [0.15, 0.2) is 0 Å². The second-order valence-electron chi connectivity index (χ2n) is 6.15. The van der Waals surface area contributed by atoms with Gasteiger partial charge in [0, 0.05) is 11.3 Å². The first-order valence-electron chi connectivity index (χ1n) is 7.04. The Bertz CT molecular complexity index is 476. The van der Waals surface area contributed by atoms with E-state index in [2.05, 4.69) is 26.8 Å². The van der Waals surface area contributed by atoms with Gasteiger partial charge in [-0.2, -0.15) is 0 Å². The van der Waals surface area contributed by atoms with Crippen LogP contribution in [0.5, 0.6) is 0 Å². The Morgan fingerprint density at radius 2 is 2.21 bits per heavy atom. The molecule has 104 valence electrons. The summed E-state index contributed by atoms with van der Waals surface area (Å²) in [6.07, 6.45) is 3.98. The van der Waals surface area contributed by atoms with Crippen LogP contribution in [0.2, 0.25) is 0 Å². The third-order valence-electron chi connectivity index (χ3n) is 5.37. The lowest BCUT2D eigenvalue weighted by molar-refractivity contribution is -0.170. The molecule has 2 bridgehead atoms. The molecule has 1 aliphatic carbocycles. The van der Waals surface area contributed by atoms with E-state index in [1.54, 1.807) is 6.26 Å². The van der Waals surface area contributed by atoms with Gasteiger partial charge in [0.05, 0.1) is 19.5 Å². The Morgan fingerprint density at radius 1 is 1.42 bits per heavy atom. The fourth-order valence-electron chi connectivity index (χ4n) is 4.00. The predicted molar refractivity (Wildman–Crippen MR) is 72.5 cm³/mol. The van der Waals surface area contributed by atoms with E-state index >= 15 is 0 Å². The Morgan fingerprint density at radius 3 is 2.84 bits per heavy atom. The maximum absolute atomic E-state index is 9.90. The molecular formula is C16H22O3. The zero-order valence-corrected chi connectivity index (χ0v) is 11.8. The molecule has 2 aliphatic rings. The van der Waals surface area contributed by atoms with Gasteiger partial charge in [-0.15, -0.1) is 0 Å². The lowest BCUT2D eigenvalue weighted by Gasteiger charge is -2.54. The first-order valence-corrected chi connectivity index (χ1v) is 7.04. The van der Waals surface area contributed by atoms with Crippen LogP contribution in [0.1, 0.15) is 32.6 Å². The molecule has 1 aliphatic heterocycles. The Kier molecular flexibility index (Phi) is 3.06. The van der Waals surface area contributed by atoms with Crippen molar-refractivity contribution >= 4 is 0 Å². The summed E-state index contributed by atoms with van der Waals surface area (Å²) < 4.78 is 11.6. The van der Waals surface area contributed by atoms with E-state index in [4.69, 9.17) is 9.15 Å². The summed E-state index contributed by atoms with van der Waals surface area (Å²) in [5.41, 5.74) is 1.21. The summed E-state index contributed by atoms with van der Waals surface area (Å²) in [5, 5.41) is 9.90. The number of aliphatic hydroxyl groups is 1. The third-order valence-corrected chi connectivity index (χ3v) is 5.37. The summed E-state index contributed by atoms with van der Waals surface area (Å²) >= 11 is 0. The van der Waals surface area contributed by atoms with Crippen LogP contribution in [0.25, 0.3) is 0 Å². The van der Waals surface area contributed by atoms with E-state index in [1.165, 1.54) is 5.57 Å². The smallest absolute Gasteiger partial charge is 0.133 e. The number of ether oxygens (including phenoxy) is 1. The average molecular weight is 262 g/mol. The zero-order valence-electron chi connectivity index (χ0n) is 11.8. The Hall–Kier alpha value is -1.06. The minimum atomic E-state index is -0.146. The molecular weight excluding hydrogens is 240 g/mol. The average Bonchev–Trinajstić information content (AvgIpc) is 2.90. The monoisotopic (exact) mass is 262 g/mol. The summed E-state index contributed by atoms with van der Waals surface area (Å²) in [7, 11) is 0. The molecule has 3 heteroatoms. The molecule has 0 unspecified atom stereocenters. The number of allylic oxidation sites excluding steroid dienone is 1. The summed E-state index contributed by atoms with van der Waals surface area (Å²) in [6, 6.07) is 3.89. The van der Waals surface area contributed by atoms with Crippen LogP contribution >= 0.6 is 0 Å². The highest BCUT2D eigenvalue weighted by atomic mass is 16.5. The first-order chi connectivity index (χ1) is 9.10. The maximum atomic E-state index is 9.90. The maximum Gasteiger partial charge on any atom is 0.133 e. The topological polar surface area (TPSA) is 42.6 Å². The molecule has 1 N–H and O–H groups in total. The van der Waals surface area contributed by atoms with Crippen molar-refractivity contribution in [2.24, 2.45) is 23.2 Å². The van der Waals surface area contributed by atoms with Crippen molar-refractivity contribution in [1.29, 1.82) is 0 Å². The SMILES string of the molecule is CC1=C[C@@H](C)[C@]2(CO)CO[C@@H](c3ccco3)[C@H]1[C@@H]2C. The molecule has 5 atom stereocenters. The predicted octanol–water partition coefficient (Wildman–Crippen LogP) is 3.18. The minimum absolute atomic E-state index is 0.0200. The Balaban J connectivity index is 2.03. The normalized spacial score (nSPS) is 42.0. The highest BCUT2D eigenvalue weighted by molar-refractivity contribution is 5.23. The van der Waals surface area contributed by atoms with E-state index in [9.17, 15) is 5.11 Å². The van der Waals surface area contributed by atoms with Crippen LogP contribution < -0.4 is 0 Å². The number of hydrogen-bond donors (Lipinski definition) is 1. The number of rotatable bonds is 2. The van der Waals surface area contributed by atoms with Crippen molar-refractivity contribution in [3.05, 3.63) is 35.8 Å². The molecule has 0 radical (unpaired) electrons. The molecule has 0 saturated carbocycles. The van der Waals surface area contributed by atoms with Crippen molar-refractivity contribution in [1.82, 2.24) is 0 Å². The highest BCUT2D eigenvalue weighted by Gasteiger charge is 2.53. The van der Waals surface area contributed by atoms with Crippen LogP contribution in [-0.4, -0.2) is 18.3 Å². The van der Waals surface area contributed by atoms with Gasteiger partial charge in [0.25, 0.3) is 0 Å². The number of fused-ring (bicyclic) bond motifs is 2. The second kappa shape index (κ2) is 4.50. The Labute approximate surface area is 114 Å². The van der Waals surface area contributed by atoms with Crippen molar-refractivity contribution in [3.8, 4) is 0 Å². The second-order valence-corrected chi connectivity index (χ2v) is 6.15. The van der Waals surface area contributed by atoms with Gasteiger partial charge in [0.1, 0.15) is 11.9 Å². The van der Waals surface area contributed by atoms with Crippen molar-refractivity contribution < 1.29 is 14.3 Å². The quantitative estimate of drug-likeness (QED) is 0.832. The van der Waals surface area contributed by atoms with Crippen LogP contribution in [0.15, 0.2) is 34.5 Å². The molecule has 0 aromatic carbocycles. The molecule has 1 saturated heterocycles. The fraction of sp³-hybridized carbons (Fsp3) is 0.625. The van der Waals surface area contributed by atoms with E-state index < -0.39 is 0 Å². The largest absolute Gasteiger partial charge is 0.467 e. The zero-order chi connectivity index (χ0) is 13.6. The van der Waals surface area contributed by atoms with Gasteiger partial charge >= 0.3 is 0 Å². The number of hydrogen-bond acceptors (Lipinski definition) is 3. The van der Waals surface area contributed by atoms with Crippen LogP contribution in [0.3, 0.4) is 0 Å². The van der Waals surface area contributed by atoms with Gasteiger partial charge in [-0.25, -0.2) is 0 Å². The van der Waals surface area contributed by atoms with Gasteiger partial charge in [0.2, 0.25) is 0 Å². The third kappa shape index (κ3) is 1.72. The van der Waals surface area contributed by atoms with Crippen molar-refractivity contribution in [2.75, 3.05) is 13.2 Å². The molecule has 2 heterocycles. The van der Waals surface area contributed by atoms with Gasteiger partial charge in [-0.05, 0) is 30.9 Å². The molecule has 0 amide bonds. The van der Waals surface area contributed by atoms with Crippen LogP contribution in [-0.2, 0) is 4.74 Å². The first kappa shape index (κ1) is 12.9.